The number of hydrogen-bond acceptors (Lipinski definition) is 5. The third kappa shape index (κ3) is 1.99. The molecule has 3 heterocycles. The monoisotopic (exact) mass is 319 g/mol. The van der Waals surface area contributed by atoms with E-state index in [1.807, 2.05) is 31.3 Å². The van der Waals surface area contributed by atoms with Crippen molar-refractivity contribution in [3.63, 3.8) is 0 Å². The minimum atomic E-state index is 0.580. The molecule has 21 heavy (non-hydrogen) atoms. The first-order chi connectivity index (χ1) is 10.1. The van der Waals surface area contributed by atoms with Crippen molar-refractivity contribution >= 4 is 38.9 Å². The van der Waals surface area contributed by atoms with Crippen molar-refractivity contribution in [3.05, 3.63) is 35.0 Å². The van der Waals surface area contributed by atoms with Gasteiger partial charge in [-0.3, -0.25) is 0 Å². The van der Waals surface area contributed by atoms with Crippen LogP contribution in [-0.2, 0) is 0 Å². The van der Waals surface area contributed by atoms with Crippen molar-refractivity contribution < 1.29 is 9.15 Å². The summed E-state index contributed by atoms with van der Waals surface area (Å²) in [6.07, 6.45) is 1.82. The molecule has 1 aromatic carbocycles. The van der Waals surface area contributed by atoms with Crippen molar-refractivity contribution in [2.45, 2.75) is 6.92 Å². The summed E-state index contributed by atoms with van der Waals surface area (Å²) in [4.78, 5) is 5.26. The van der Waals surface area contributed by atoms with Gasteiger partial charge in [-0.1, -0.05) is 11.6 Å². The van der Waals surface area contributed by atoms with Gasteiger partial charge in [-0.15, -0.1) is 5.10 Å². The molecule has 0 bridgehead atoms. The summed E-state index contributed by atoms with van der Waals surface area (Å²) in [6.45, 7) is 1.95. The van der Waals surface area contributed by atoms with Crippen LogP contribution in [0.2, 0.25) is 5.02 Å². The average molecular weight is 320 g/mol. The van der Waals surface area contributed by atoms with E-state index in [1.165, 1.54) is 11.3 Å². The molecule has 4 aromatic rings. The Morgan fingerprint density at radius 1 is 1.33 bits per heavy atom. The lowest BCUT2D eigenvalue weighted by molar-refractivity contribution is 0.405. The molecule has 0 spiro atoms. The number of rotatable bonds is 2. The molecule has 4 rings (SSSR count). The van der Waals surface area contributed by atoms with E-state index in [2.05, 4.69) is 10.1 Å². The van der Waals surface area contributed by atoms with E-state index in [-0.39, 0.29) is 0 Å². The molecule has 0 radical (unpaired) electrons. The number of ether oxygens (including phenoxy) is 1. The van der Waals surface area contributed by atoms with Crippen LogP contribution in [0, 0.1) is 6.92 Å². The summed E-state index contributed by atoms with van der Waals surface area (Å²) >= 11 is 7.52. The standard InChI is InChI=1S/C14H10ClN3O2S/c1-7-3-11-8(4-9(7)15)5-12(20-11)10-6-18-13(16-10)21-14(17-18)19-2/h3-6H,1-2H3. The Morgan fingerprint density at radius 3 is 2.95 bits per heavy atom. The van der Waals surface area contributed by atoms with Crippen LogP contribution >= 0.6 is 22.9 Å². The zero-order valence-corrected chi connectivity index (χ0v) is 12.8. The van der Waals surface area contributed by atoms with Crippen LogP contribution < -0.4 is 4.74 Å². The van der Waals surface area contributed by atoms with Crippen LogP contribution in [0.3, 0.4) is 0 Å². The van der Waals surface area contributed by atoms with Gasteiger partial charge in [0, 0.05) is 10.4 Å². The molecule has 0 amide bonds. The second kappa shape index (κ2) is 4.47. The van der Waals surface area contributed by atoms with E-state index in [9.17, 15) is 0 Å². The maximum atomic E-state index is 6.14. The van der Waals surface area contributed by atoms with E-state index in [0.29, 0.717) is 11.0 Å². The Balaban J connectivity index is 1.85. The molecule has 0 saturated carbocycles. The predicted molar refractivity (Wildman–Crippen MR) is 82.4 cm³/mol. The molecular formula is C14H10ClN3O2S. The predicted octanol–water partition coefficient (Wildman–Crippen LogP) is 4.17. The number of methoxy groups -OCH3 is 1. The molecule has 0 aliphatic carbocycles. The number of furan rings is 1. The Hall–Kier alpha value is -2.05. The lowest BCUT2D eigenvalue weighted by atomic mass is 10.2. The Bertz CT molecular complexity index is 899. The maximum Gasteiger partial charge on any atom is 0.294 e. The van der Waals surface area contributed by atoms with Crippen molar-refractivity contribution in [1.82, 2.24) is 14.6 Å². The molecule has 7 heteroatoms. The highest BCUT2D eigenvalue weighted by Crippen LogP contribution is 2.32. The minimum absolute atomic E-state index is 0.580. The third-order valence-electron chi connectivity index (χ3n) is 3.25. The van der Waals surface area contributed by atoms with E-state index >= 15 is 0 Å². The van der Waals surface area contributed by atoms with Crippen LogP contribution in [-0.4, -0.2) is 21.7 Å². The molecule has 106 valence electrons. The zero-order valence-electron chi connectivity index (χ0n) is 11.3. The molecule has 0 fully saturated rings. The first kappa shape index (κ1) is 12.7. The summed E-state index contributed by atoms with van der Waals surface area (Å²) in [6, 6.07) is 5.77. The second-order valence-electron chi connectivity index (χ2n) is 4.68. The van der Waals surface area contributed by atoms with Crippen LogP contribution in [0.15, 0.2) is 28.8 Å². The molecule has 3 aromatic heterocycles. The maximum absolute atomic E-state index is 6.14. The highest BCUT2D eigenvalue weighted by molar-refractivity contribution is 7.18. The van der Waals surface area contributed by atoms with Gasteiger partial charge >= 0.3 is 0 Å². The summed E-state index contributed by atoms with van der Waals surface area (Å²) in [5, 5.41) is 6.52. The molecular weight excluding hydrogens is 310 g/mol. The van der Waals surface area contributed by atoms with Crippen LogP contribution in [0.1, 0.15) is 5.56 Å². The largest absolute Gasteiger partial charge is 0.472 e. The van der Waals surface area contributed by atoms with Crippen molar-refractivity contribution in [2.75, 3.05) is 7.11 Å². The van der Waals surface area contributed by atoms with Gasteiger partial charge in [0.15, 0.2) is 5.76 Å². The number of fused-ring (bicyclic) bond motifs is 2. The zero-order chi connectivity index (χ0) is 14.6. The fourth-order valence-electron chi connectivity index (χ4n) is 2.17. The molecule has 0 unspecified atom stereocenters. The Kier molecular flexibility index (Phi) is 2.70. The van der Waals surface area contributed by atoms with Crippen LogP contribution in [0.5, 0.6) is 5.19 Å². The van der Waals surface area contributed by atoms with Crippen molar-refractivity contribution in [1.29, 1.82) is 0 Å². The summed E-state index contributed by atoms with van der Waals surface area (Å²) in [5.41, 5.74) is 2.53. The summed E-state index contributed by atoms with van der Waals surface area (Å²) < 4.78 is 12.6. The molecule has 0 N–H and O–H groups in total. The van der Waals surface area contributed by atoms with Gasteiger partial charge in [-0.25, -0.2) is 9.50 Å². The van der Waals surface area contributed by atoms with Crippen molar-refractivity contribution in [2.24, 2.45) is 0 Å². The smallest absolute Gasteiger partial charge is 0.294 e. The van der Waals surface area contributed by atoms with E-state index in [0.717, 1.165) is 32.2 Å². The number of benzene rings is 1. The van der Waals surface area contributed by atoms with Gasteiger partial charge in [0.1, 0.15) is 11.3 Å². The lowest BCUT2D eigenvalue weighted by Crippen LogP contribution is -1.84. The number of aromatic nitrogens is 3. The molecule has 5 nitrogen and oxygen atoms in total. The Labute approximate surface area is 128 Å². The molecule has 0 saturated heterocycles. The first-order valence-electron chi connectivity index (χ1n) is 6.24. The van der Waals surface area contributed by atoms with E-state index < -0.39 is 0 Å². The van der Waals surface area contributed by atoms with Gasteiger partial charge < -0.3 is 9.15 Å². The van der Waals surface area contributed by atoms with Crippen LogP contribution in [0.25, 0.3) is 27.4 Å². The van der Waals surface area contributed by atoms with Gasteiger partial charge in [0.05, 0.1) is 13.3 Å². The third-order valence-corrected chi connectivity index (χ3v) is 4.54. The van der Waals surface area contributed by atoms with Gasteiger partial charge in [-0.05, 0) is 42.0 Å². The number of aryl methyl sites for hydroxylation is 1. The fraction of sp³-hybridized carbons (Fsp3) is 0.143. The molecule has 0 atom stereocenters. The number of nitrogens with zero attached hydrogens (tertiary/aromatic N) is 3. The average Bonchev–Trinajstić information content (AvgIpc) is 3.10. The number of hydrogen-bond donors (Lipinski definition) is 0. The van der Waals surface area contributed by atoms with E-state index in [1.54, 1.807) is 11.6 Å². The number of imidazole rings is 1. The Morgan fingerprint density at radius 2 is 2.19 bits per heavy atom. The first-order valence-corrected chi connectivity index (χ1v) is 7.44. The highest BCUT2D eigenvalue weighted by Gasteiger charge is 2.14. The van der Waals surface area contributed by atoms with E-state index in [4.69, 9.17) is 20.8 Å². The fourth-order valence-corrected chi connectivity index (χ4v) is 3.04. The number of halogens is 1. The molecule has 0 aliphatic rings. The quantitative estimate of drug-likeness (QED) is 0.556. The van der Waals surface area contributed by atoms with Gasteiger partial charge in [0.2, 0.25) is 4.96 Å². The summed E-state index contributed by atoms with van der Waals surface area (Å²) in [7, 11) is 1.59. The highest BCUT2D eigenvalue weighted by atomic mass is 35.5. The molecule has 0 aliphatic heterocycles. The van der Waals surface area contributed by atoms with Gasteiger partial charge in [-0.2, -0.15) is 0 Å². The normalized spacial score (nSPS) is 11.6. The topological polar surface area (TPSA) is 52.6 Å². The summed E-state index contributed by atoms with van der Waals surface area (Å²) in [5.74, 6) is 0.698. The van der Waals surface area contributed by atoms with Crippen molar-refractivity contribution in [3.8, 4) is 16.6 Å². The second-order valence-corrected chi connectivity index (χ2v) is 6.00. The van der Waals surface area contributed by atoms with Crippen LogP contribution in [0.4, 0.5) is 0 Å². The SMILES string of the molecule is COc1nn2cc(-c3cc4cc(Cl)c(C)cc4o3)nc2s1. The van der Waals surface area contributed by atoms with Gasteiger partial charge in [0.25, 0.3) is 5.19 Å². The minimum Gasteiger partial charge on any atom is -0.472 e. The lowest BCUT2D eigenvalue weighted by Gasteiger charge is -1.95.